The molecule has 1 saturated carbocycles. The molecule has 1 fully saturated rings. The Labute approximate surface area is 147 Å². The lowest BCUT2D eigenvalue weighted by Gasteiger charge is -2.48. The minimum atomic E-state index is -0.987. The van der Waals surface area contributed by atoms with Gasteiger partial charge in [0.1, 0.15) is 5.60 Å². The van der Waals surface area contributed by atoms with E-state index in [1.54, 1.807) is 19.6 Å². The van der Waals surface area contributed by atoms with E-state index in [1.807, 2.05) is 42.0 Å². The van der Waals surface area contributed by atoms with E-state index in [1.165, 1.54) is 5.57 Å². The third-order valence-electron chi connectivity index (χ3n) is 5.12. The predicted octanol–water partition coefficient (Wildman–Crippen LogP) is 3.94. The molecule has 0 aliphatic heterocycles. The maximum Gasteiger partial charge on any atom is 0.115 e. The summed E-state index contributed by atoms with van der Waals surface area (Å²) in [5.41, 5.74) is 0.739. The van der Waals surface area contributed by atoms with Crippen LogP contribution in [0.3, 0.4) is 0 Å². The second-order valence-corrected chi connectivity index (χ2v) is 7.17. The average molecular weight is 347 g/mol. The van der Waals surface area contributed by atoms with Gasteiger partial charge in [-0.25, -0.2) is 4.98 Å². The lowest BCUT2D eigenvalue weighted by atomic mass is 9.70. The third kappa shape index (κ3) is 3.41. The molecule has 1 aromatic heterocycles. The van der Waals surface area contributed by atoms with Crippen LogP contribution in [-0.2, 0) is 11.3 Å². The van der Waals surface area contributed by atoms with E-state index < -0.39 is 11.2 Å². The summed E-state index contributed by atoms with van der Waals surface area (Å²) in [6.07, 6.45) is 9.70. The maximum absolute atomic E-state index is 11.4. The molecular formula is C19H23ClN2O2. The SMILES string of the molecule is CO[C@]1(C)CC/C(=C\c2ccc(Cl)cc2)C[C@]1(O)Cn1ccnc1. The van der Waals surface area contributed by atoms with Crippen molar-refractivity contribution in [2.45, 2.75) is 43.9 Å². The Hall–Kier alpha value is -1.62. The Morgan fingerprint density at radius 3 is 2.75 bits per heavy atom. The van der Waals surface area contributed by atoms with Gasteiger partial charge in [0.05, 0.1) is 18.5 Å². The van der Waals surface area contributed by atoms with Crippen LogP contribution in [0.25, 0.3) is 6.08 Å². The molecule has 3 rings (SSSR count). The minimum absolute atomic E-state index is 0.454. The fraction of sp³-hybridized carbons (Fsp3) is 0.421. The molecule has 2 aromatic rings. The van der Waals surface area contributed by atoms with Crippen LogP contribution in [0.4, 0.5) is 0 Å². The molecule has 5 heteroatoms. The largest absolute Gasteiger partial charge is 0.385 e. The number of benzene rings is 1. The molecule has 0 unspecified atom stereocenters. The van der Waals surface area contributed by atoms with Gasteiger partial charge in [-0.05, 0) is 37.5 Å². The molecule has 1 aliphatic rings. The molecule has 1 heterocycles. The van der Waals surface area contributed by atoms with Gasteiger partial charge < -0.3 is 14.4 Å². The molecule has 1 aromatic carbocycles. The molecule has 2 atom stereocenters. The van der Waals surface area contributed by atoms with E-state index in [0.717, 1.165) is 23.4 Å². The molecule has 0 spiro atoms. The smallest absolute Gasteiger partial charge is 0.115 e. The summed E-state index contributed by atoms with van der Waals surface area (Å²) in [5.74, 6) is 0. The summed E-state index contributed by atoms with van der Waals surface area (Å²) in [5, 5.41) is 12.1. The van der Waals surface area contributed by atoms with Gasteiger partial charge in [-0.2, -0.15) is 0 Å². The Morgan fingerprint density at radius 1 is 1.38 bits per heavy atom. The third-order valence-corrected chi connectivity index (χ3v) is 5.37. The summed E-state index contributed by atoms with van der Waals surface area (Å²) >= 11 is 5.95. The number of methoxy groups -OCH3 is 1. The van der Waals surface area contributed by atoms with Crippen molar-refractivity contribution in [3.8, 4) is 0 Å². The number of aliphatic hydroxyl groups is 1. The van der Waals surface area contributed by atoms with Gasteiger partial charge in [-0.3, -0.25) is 0 Å². The summed E-state index contributed by atoms with van der Waals surface area (Å²) in [7, 11) is 1.67. The molecule has 24 heavy (non-hydrogen) atoms. The summed E-state index contributed by atoms with van der Waals surface area (Å²) in [6, 6.07) is 7.75. The van der Waals surface area contributed by atoms with Crippen molar-refractivity contribution in [1.82, 2.24) is 9.55 Å². The minimum Gasteiger partial charge on any atom is -0.385 e. The lowest BCUT2D eigenvalue weighted by Crippen LogP contribution is -2.58. The van der Waals surface area contributed by atoms with E-state index in [4.69, 9.17) is 16.3 Å². The molecule has 4 nitrogen and oxygen atoms in total. The first-order chi connectivity index (χ1) is 11.4. The van der Waals surface area contributed by atoms with Gasteiger partial charge >= 0.3 is 0 Å². The summed E-state index contributed by atoms with van der Waals surface area (Å²) in [6.45, 7) is 2.44. The number of hydrogen-bond donors (Lipinski definition) is 1. The number of imidazole rings is 1. The zero-order valence-electron chi connectivity index (χ0n) is 14.1. The van der Waals surface area contributed by atoms with Crippen LogP contribution in [0, 0.1) is 0 Å². The van der Waals surface area contributed by atoms with Crippen molar-refractivity contribution >= 4 is 17.7 Å². The van der Waals surface area contributed by atoms with Crippen molar-refractivity contribution in [2.75, 3.05) is 7.11 Å². The van der Waals surface area contributed by atoms with E-state index in [0.29, 0.717) is 13.0 Å². The molecule has 1 N–H and O–H groups in total. The lowest BCUT2D eigenvalue weighted by molar-refractivity contribution is -0.179. The van der Waals surface area contributed by atoms with E-state index in [-0.39, 0.29) is 0 Å². The Balaban J connectivity index is 1.87. The van der Waals surface area contributed by atoms with Gasteiger partial charge in [-0.1, -0.05) is 35.4 Å². The normalized spacial score (nSPS) is 29.1. The highest BCUT2D eigenvalue weighted by molar-refractivity contribution is 6.30. The number of halogens is 1. The van der Waals surface area contributed by atoms with Crippen molar-refractivity contribution in [3.05, 3.63) is 59.1 Å². The van der Waals surface area contributed by atoms with Gasteiger partial charge in [0.2, 0.25) is 0 Å². The Morgan fingerprint density at radius 2 is 2.12 bits per heavy atom. The fourth-order valence-electron chi connectivity index (χ4n) is 3.40. The molecule has 1 aliphatic carbocycles. The zero-order valence-corrected chi connectivity index (χ0v) is 14.8. The fourth-order valence-corrected chi connectivity index (χ4v) is 3.52. The highest BCUT2D eigenvalue weighted by Gasteiger charge is 2.50. The first-order valence-corrected chi connectivity index (χ1v) is 8.50. The van der Waals surface area contributed by atoms with E-state index in [2.05, 4.69) is 11.1 Å². The molecule has 0 bridgehead atoms. The zero-order chi connectivity index (χ0) is 17.2. The topological polar surface area (TPSA) is 47.3 Å². The van der Waals surface area contributed by atoms with Crippen molar-refractivity contribution in [3.63, 3.8) is 0 Å². The number of hydrogen-bond acceptors (Lipinski definition) is 3. The van der Waals surface area contributed by atoms with E-state index >= 15 is 0 Å². The van der Waals surface area contributed by atoms with Crippen LogP contribution in [0.15, 0.2) is 48.6 Å². The Kier molecular flexibility index (Phi) is 4.81. The quantitative estimate of drug-likeness (QED) is 0.912. The van der Waals surface area contributed by atoms with Crippen LogP contribution in [0.5, 0.6) is 0 Å². The number of nitrogens with zero attached hydrogens (tertiary/aromatic N) is 2. The maximum atomic E-state index is 11.4. The molecule has 0 radical (unpaired) electrons. The average Bonchev–Trinajstić information content (AvgIpc) is 3.06. The first-order valence-electron chi connectivity index (χ1n) is 8.12. The van der Waals surface area contributed by atoms with Crippen molar-refractivity contribution in [1.29, 1.82) is 0 Å². The van der Waals surface area contributed by atoms with Crippen LogP contribution < -0.4 is 0 Å². The molecule has 0 amide bonds. The van der Waals surface area contributed by atoms with Crippen LogP contribution in [0.2, 0.25) is 5.02 Å². The molecule has 0 saturated heterocycles. The number of rotatable bonds is 4. The first kappa shape index (κ1) is 17.2. The van der Waals surface area contributed by atoms with Crippen molar-refractivity contribution in [2.24, 2.45) is 0 Å². The van der Waals surface area contributed by atoms with Crippen LogP contribution in [0.1, 0.15) is 31.7 Å². The monoisotopic (exact) mass is 346 g/mol. The highest BCUT2D eigenvalue weighted by atomic mass is 35.5. The second kappa shape index (κ2) is 6.71. The predicted molar refractivity (Wildman–Crippen MR) is 95.9 cm³/mol. The molecular weight excluding hydrogens is 324 g/mol. The summed E-state index contributed by atoms with van der Waals surface area (Å²) < 4.78 is 7.63. The number of aromatic nitrogens is 2. The van der Waals surface area contributed by atoms with Gasteiger partial charge in [0.15, 0.2) is 0 Å². The standard InChI is InChI=1S/C19H23ClN2O2/c1-18(24-2)8-7-16(11-15-3-5-17(20)6-4-15)12-19(18,23)13-22-10-9-21-14-22/h3-6,9-11,14,23H,7-8,12-13H2,1-2H3/b16-11+/t18-,19+/m1/s1. The van der Waals surface area contributed by atoms with Gasteiger partial charge in [-0.15, -0.1) is 0 Å². The van der Waals surface area contributed by atoms with Gasteiger partial charge in [0.25, 0.3) is 0 Å². The molecule has 128 valence electrons. The highest BCUT2D eigenvalue weighted by Crippen LogP contribution is 2.43. The Bertz CT molecular complexity index is 711. The van der Waals surface area contributed by atoms with Crippen LogP contribution in [-0.4, -0.2) is 33.0 Å². The van der Waals surface area contributed by atoms with Gasteiger partial charge in [0, 0.05) is 30.9 Å². The number of ether oxygens (including phenoxy) is 1. The second-order valence-electron chi connectivity index (χ2n) is 6.73. The van der Waals surface area contributed by atoms with Crippen LogP contribution >= 0.6 is 11.6 Å². The van der Waals surface area contributed by atoms with Crippen molar-refractivity contribution < 1.29 is 9.84 Å². The summed E-state index contributed by atoms with van der Waals surface area (Å²) in [4.78, 5) is 4.07. The van der Waals surface area contributed by atoms with E-state index in [9.17, 15) is 5.11 Å².